The summed E-state index contributed by atoms with van der Waals surface area (Å²) in [6, 6.07) is 0. The Hall–Kier alpha value is 0.310. The van der Waals surface area contributed by atoms with Crippen molar-refractivity contribution in [2.75, 3.05) is 5.75 Å². The van der Waals surface area contributed by atoms with Crippen LogP contribution in [0.4, 0.5) is 4.79 Å². The SMILES string of the molecule is CCC(C)CSC(=O)Cl. The molecule has 0 aliphatic rings. The number of hydrogen-bond donors (Lipinski definition) is 0. The number of carbonyl (C=O) groups excluding carboxylic acids is 1. The number of thioether (sulfide) groups is 1. The fourth-order valence-corrected chi connectivity index (χ4v) is 1.17. The summed E-state index contributed by atoms with van der Waals surface area (Å²) >= 11 is 6.29. The van der Waals surface area contributed by atoms with Gasteiger partial charge in [-0.05, 0) is 17.5 Å². The Morgan fingerprint density at radius 2 is 2.33 bits per heavy atom. The third-order valence-electron chi connectivity index (χ3n) is 1.18. The zero-order chi connectivity index (χ0) is 7.28. The van der Waals surface area contributed by atoms with Gasteiger partial charge in [0, 0.05) is 5.75 Å². The number of halogens is 1. The fourth-order valence-electron chi connectivity index (χ4n) is 0.326. The van der Waals surface area contributed by atoms with Gasteiger partial charge >= 0.3 is 0 Å². The second-order valence-corrected chi connectivity index (χ2v) is 3.62. The molecule has 0 fully saturated rings. The lowest BCUT2D eigenvalue weighted by molar-refractivity contribution is 0.276. The first-order chi connectivity index (χ1) is 4.16. The topological polar surface area (TPSA) is 17.1 Å². The number of carbonyl (C=O) groups is 1. The molecule has 0 aliphatic heterocycles. The van der Waals surface area contributed by atoms with E-state index in [4.69, 9.17) is 11.6 Å². The second-order valence-electron chi connectivity index (χ2n) is 2.06. The van der Waals surface area contributed by atoms with Crippen LogP contribution < -0.4 is 0 Å². The van der Waals surface area contributed by atoms with Gasteiger partial charge in [-0.2, -0.15) is 0 Å². The van der Waals surface area contributed by atoms with Crippen molar-refractivity contribution in [3.05, 3.63) is 0 Å². The normalized spacial score (nSPS) is 13.2. The van der Waals surface area contributed by atoms with E-state index in [0.29, 0.717) is 5.92 Å². The smallest absolute Gasteiger partial charge is 0.268 e. The first-order valence-electron chi connectivity index (χ1n) is 2.99. The summed E-state index contributed by atoms with van der Waals surface area (Å²) in [5, 5.41) is 0. The average molecular weight is 167 g/mol. The van der Waals surface area contributed by atoms with E-state index in [1.807, 2.05) is 0 Å². The first-order valence-corrected chi connectivity index (χ1v) is 4.35. The lowest BCUT2D eigenvalue weighted by atomic mass is 10.2. The molecule has 0 rings (SSSR count). The minimum absolute atomic E-state index is 0.296. The van der Waals surface area contributed by atoms with E-state index >= 15 is 0 Å². The summed E-state index contributed by atoms with van der Waals surface area (Å²) in [6.07, 6.45) is 1.11. The van der Waals surface area contributed by atoms with E-state index in [2.05, 4.69) is 13.8 Å². The van der Waals surface area contributed by atoms with Crippen molar-refractivity contribution in [2.24, 2.45) is 5.92 Å². The zero-order valence-electron chi connectivity index (χ0n) is 5.69. The molecule has 0 radical (unpaired) electrons. The summed E-state index contributed by atoms with van der Waals surface area (Å²) < 4.78 is -0.296. The molecule has 1 nitrogen and oxygen atoms in total. The summed E-state index contributed by atoms with van der Waals surface area (Å²) in [5.74, 6) is 1.44. The van der Waals surface area contributed by atoms with Gasteiger partial charge in [-0.25, -0.2) is 0 Å². The van der Waals surface area contributed by atoms with Crippen molar-refractivity contribution in [3.8, 4) is 0 Å². The molecule has 0 saturated heterocycles. The highest BCUT2D eigenvalue weighted by Crippen LogP contribution is 2.14. The van der Waals surface area contributed by atoms with Crippen LogP contribution in [0.2, 0.25) is 0 Å². The molecule has 54 valence electrons. The monoisotopic (exact) mass is 166 g/mol. The zero-order valence-corrected chi connectivity index (χ0v) is 7.26. The van der Waals surface area contributed by atoms with Gasteiger partial charge in [0.25, 0.3) is 4.57 Å². The molecule has 0 bridgehead atoms. The van der Waals surface area contributed by atoms with E-state index in [-0.39, 0.29) is 4.57 Å². The Kier molecular flexibility index (Phi) is 5.30. The minimum Gasteiger partial charge on any atom is -0.268 e. The molecule has 0 spiro atoms. The van der Waals surface area contributed by atoms with Gasteiger partial charge in [-0.1, -0.05) is 32.0 Å². The molecule has 0 aromatic heterocycles. The molecule has 1 unspecified atom stereocenters. The van der Waals surface area contributed by atoms with Crippen molar-refractivity contribution in [1.82, 2.24) is 0 Å². The minimum atomic E-state index is -0.296. The third kappa shape index (κ3) is 6.19. The van der Waals surface area contributed by atoms with Crippen LogP contribution >= 0.6 is 23.4 Å². The molecule has 9 heavy (non-hydrogen) atoms. The largest absolute Gasteiger partial charge is 0.279 e. The predicted octanol–water partition coefficient (Wildman–Crippen LogP) is 3.12. The van der Waals surface area contributed by atoms with Crippen LogP contribution in [-0.2, 0) is 0 Å². The Morgan fingerprint density at radius 1 is 1.78 bits per heavy atom. The van der Waals surface area contributed by atoms with Crippen LogP contribution in [0.5, 0.6) is 0 Å². The first kappa shape index (κ1) is 9.31. The molecule has 0 saturated carbocycles. The standard InChI is InChI=1S/C6H11ClOS/c1-3-5(2)4-9-6(7)8/h5H,3-4H2,1-2H3. The van der Waals surface area contributed by atoms with Gasteiger partial charge in [0.1, 0.15) is 0 Å². The van der Waals surface area contributed by atoms with Gasteiger partial charge in [0.05, 0.1) is 0 Å². The molecular weight excluding hydrogens is 156 g/mol. The van der Waals surface area contributed by atoms with Crippen molar-refractivity contribution in [2.45, 2.75) is 20.3 Å². The Bertz CT molecular complexity index is 95.1. The third-order valence-corrected chi connectivity index (χ3v) is 2.47. The molecule has 0 amide bonds. The maximum Gasteiger partial charge on any atom is 0.279 e. The highest BCUT2D eigenvalue weighted by atomic mass is 35.5. The summed E-state index contributed by atoms with van der Waals surface area (Å²) in [7, 11) is 0. The predicted molar refractivity (Wildman–Crippen MR) is 43.2 cm³/mol. The van der Waals surface area contributed by atoms with Crippen LogP contribution in [0.3, 0.4) is 0 Å². The lowest BCUT2D eigenvalue weighted by Gasteiger charge is -2.02. The van der Waals surface area contributed by atoms with Crippen molar-refractivity contribution < 1.29 is 4.79 Å². The quantitative estimate of drug-likeness (QED) is 0.600. The average Bonchev–Trinajstić information content (AvgIpc) is 1.83. The summed E-state index contributed by atoms with van der Waals surface area (Å²) in [5.41, 5.74) is 0. The molecule has 1 atom stereocenters. The van der Waals surface area contributed by atoms with Crippen molar-refractivity contribution in [1.29, 1.82) is 0 Å². The van der Waals surface area contributed by atoms with Crippen molar-refractivity contribution in [3.63, 3.8) is 0 Å². The molecular formula is C6H11ClOS. The van der Waals surface area contributed by atoms with E-state index in [0.717, 1.165) is 12.2 Å². The van der Waals surface area contributed by atoms with Crippen LogP contribution in [0.25, 0.3) is 0 Å². The molecule has 0 N–H and O–H groups in total. The maximum absolute atomic E-state index is 10.2. The summed E-state index contributed by atoms with van der Waals surface area (Å²) in [4.78, 5) is 10.2. The van der Waals surface area contributed by atoms with Crippen LogP contribution in [0.15, 0.2) is 0 Å². The van der Waals surface area contributed by atoms with Gasteiger partial charge in [-0.3, -0.25) is 4.79 Å². The van der Waals surface area contributed by atoms with E-state index in [9.17, 15) is 4.79 Å². The van der Waals surface area contributed by atoms with Crippen LogP contribution in [0, 0.1) is 5.92 Å². The Morgan fingerprint density at radius 3 is 2.67 bits per heavy atom. The van der Waals surface area contributed by atoms with E-state index in [1.54, 1.807) is 0 Å². The van der Waals surface area contributed by atoms with Gasteiger partial charge < -0.3 is 0 Å². The number of hydrogen-bond acceptors (Lipinski definition) is 2. The summed E-state index contributed by atoms with van der Waals surface area (Å²) in [6.45, 7) is 4.21. The molecule has 3 heteroatoms. The molecule has 0 aliphatic carbocycles. The van der Waals surface area contributed by atoms with Gasteiger partial charge in [0.15, 0.2) is 0 Å². The maximum atomic E-state index is 10.2. The number of rotatable bonds is 3. The van der Waals surface area contributed by atoms with Gasteiger partial charge in [-0.15, -0.1) is 0 Å². The van der Waals surface area contributed by atoms with Gasteiger partial charge in [0.2, 0.25) is 0 Å². The molecule has 0 aromatic rings. The molecule has 0 aromatic carbocycles. The van der Waals surface area contributed by atoms with Crippen molar-refractivity contribution >= 4 is 27.9 Å². The van der Waals surface area contributed by atoms with Crippen LogP contribution in [0.1, 0.15) is 20.3 Å². The highest BCUT2D eigenvalue weighted by Gasteiger charge is 2.01. The second kappa shape index (κ2) is 5.12. The van der Waals surface area contributed by atoms with E-state index in [1.165, 1.54) is 11.8 Å². The lowest BCUT2D eigenvalue weighted by Crippen LogP contribution is -1.95. The Labute approximate surface area is 65.2 Å². The van der Waals surface area contributed by atoms with Crippen LogP contribution in [-0.4, -0.2) is 10.3 Å². The highest BCUT2D eigenvalue weighted by molar-refractivity contribution is 8.16. The Balaban J connectivity index is 3.16. The van der Waals surface area contributed by atoms with E-state index < -0.39 is 0 Å². The fraction of sp³-hybridized carbons (Fsp3) is 0.833. The molecule has 0 heterocycles.